The number of amides is 1. The smallest absolute Gasteiger partial charge is 0.267 e. The van der Waals surface area contributed by atoms with Gasteiger partial charge in [0, 0.05) is 30.9 Å². The summed E-state index contributed by atoms with van der Waals surface area (Å²) in [6.07, 6.45) is 2.00. The molecule has 0 saturated carbocycles. The van der Waals surface area contributed by atoms with Crippen molar-refractivity contribution in [2.24, 2.45) is 5.92 Å². The maximum atomic E-state index is 12.7. The Morgan fingerprint density at radius 2 is 1.93 bits per heavy atom. The van der Waals surface area contributed by atoms with Crippen molar-refractivity contribution in [1.82, 2.24) is 4.98 Å². The Bertz CT molecular complexity index is 950. The molecule has 28 heavy (non-hydrogen) atoms. The fourth-order valence-corrected chi connectivity index (χ4v) is 4.62. The number of hydrogen-bond acceptors (Lipinski definition) is 4. The predicted octanol–water partition coefficient (Wildman–Crippen LogP) is 5.14. The van der Waals surface area contributed by atoms with Gasteiger partial charge in [0.25, 0.3) is 5.91 Å². The summed E-state index contributed by atoms with van der Waals surface area (Å²) in [6, 6.07) is 18.4. The number of nitrogens with zero attached hydrogens (tertiary/aromatic N) is 2. The second-order valence-electron chi connectivity index (χ2n) is 7.53. The Kier molecular flexibility index (Phi) is 5.44. The van der Waals surface area contributed by atoms with Crippen LogP contribution < -0.4 is 10.2 Å². The molecule has 2 heterocycles. The Morgan fingerprint density at radius 3 is 2.61 bits per heavy atom. The van der Waals surface area contributed by atoms with Crippen molar-refractivity contribution in [3.05, 3.63) is 75.7 Å². The molecule has 1 N–H and O–H groups in total. The minimum atomic E-state index is -0.0862. The Hall–Kier alpha value is -2.66. The molecule has 1 fully saturated rings. The fourth-order valence-electron chi connectivity index (χ4n) is 3.62. The lowest BCUT2D eigenvalue weighted by Gasteiger charge is -2.18. The molecule has 5 heteroatoms. The molecule has 4 nitrogen and oxygen atoms in total. The highest BCUT2D eigenvalue weighted by Crippen LogP contribution is 2.26. The molecule has 0 radical (unpaired) electrons. The third-order valence-electron chi connectivity index (χ3n) is 5.16. The quantitative estimate of drug-likeness (QED) is 0.655. The predicted molar refractivity (Wildman–Crippen MR) is 116 cm³/mol. The first-order valence-electron chi connectivity index (χ1n) is 9.75. The fraction of sp³-hybridized carbons (Fsp3) is 0.304. The van der Waals surface area contributed by atoms with E-state index in [9.17, 15) is 4.79 Å². The third-order valence-corrected chi connectivity index (χ3v) is 6.32. The molecular formula is C23H25N3OS. The van der Waals surface area contributed by atoms with Crippen molar-refractivity contribution < 1.29 is 4.79 Å². The molecule has 1 aliphatic rings. The van der Waals surface area contributed by atoms with Crippen LogP contribution in [0.5, 0.6) is 0 Å². The van der Waals surface area contributed by atoms with Crippen molar-refractivity contribution in [2.45, 2.75) is 26.7 Å². The largest absolute Gasteiger partial charge is 0.371 e. The van der Waals surface area contributed by atoms with Gasteiger partial charge in [0.2, 0.25) is 0 Å². The number of aryl methyl sites for hydroxylation is 1. The maximum Gasteiger partial charge on any atom is 0.267 e. The summed E-state index contributed by atoms with van der Waals surface area (Å²) >= 11 is 1.47. The van der Waals surface area contributed by atoms with E-state index in [0.29, 0.717) is 4.88 Å². The molecule has 1 atom stereocenters. The number of hydrogen-bond donors (Lipinski definition) is 1. The van der Waals surface area contributed by atoms with Gasteiger partial charge in [-0.05, 0) is 49.1 Å². The summed E-state index contributed by atoms with van der Waals surface area (Å²) in [7, 11) is 0. The van der Waals surface area contributed by atoms with Gasteiger partial charge in [0.15, 0.2) is 0 Å². The highest BCUT2D eigenvalue weighted by molar-refractivity contribution is 7.14. The van der Waals surface area contributed by atoms with E-state index in [1.54, 1.807) is 0 Å². The van der Waals surface area contributed by atoms with Gasteiger partial charge < -0.3 is 10.2 Å². The van der Waals surface area contributed by atoms with E-state index in [4.69, 9.17) is 0 Å². The van der Waals surface area contributed by atoms with E-state index >= 15 is 0 Å². The van der Waals surface area contributed by atoms with Crippen LogP contribution in [0.1, 0.15) is 39.3 Å². The minimum absolute atomic E-state index is 0.0862. The van der Waals surface area contributed by atoms with Crippen LogP contribution in [0.25, 0.3) is 0 Å². The van der Waals surface area contributed by atoms with Gasteiger partial charge in [-0.15, -0.1) is 11.3 Å². The van der Waals surface area contributed by atoms with E-state index in [0.717, 1.165) is 41.8 Å². The molecule has 0 bridgehead atoms. The van der Waals surface area contributed by atoms with Crippen LogP contribution in [0.15, 0.2) is 54.6 Å². The van der Waals surface area contributed by atoms with Gasteiger partial charge in [-0.2, -0.15) is 0 Å². The molecule has 144 valence electrons. The molecule has 1 saturated heterocycles. The van der Waals surface area contributed by atoms with Crippen molar-refractivity contribution in [1.29, 1.82) is 0 Å². The highest BCUT2D eigenvalue weighted by Gasteiger charge is 2.19. The minimum Gasteiger partial charge on any atom is -0.371 e. The summed E-state index contributed by atoms with van der Waals surface area (Å²) in [5.74, 6) is 0.663. The third kappa shape index (κ3) is 4.25. The maximum absolute atomic E-state index is 12.7. The van der Waals surface area contributed by atoms with Gasteiger partial charge in [-0.1, -0.05) is 37.3 Å². The highest BCUT2D eigenvalue weighted by atomic mass is 32.1. The lowest BCUT2D eigenvalue weighted by Crippen LogP contribution is -2.19. The van der Waals surface area contributed by atoms with Gasteiger partial charge in [-0.3, -0.25) is 4.79 Å². The van der Waals surface area contributed by atoms with Crippen LogP contribution in [-0.4, -0.2) is 24.0 Å². The monoisotopic (exact) mass is 391 g/mol. The van der Waals surface area contributed by atoms with E-state index in [2.05, 4.69) is 46.4 Å². The number of benzene rings is 2. The zero-order chi connectivity index (χ0) is 19.5. The zero-order valence-electron chi connectivity index (χ0n) is 16.3. The molecule has 0 aliphatic carbocycles. The number of carbonyl (C=O) groups excluding carboxylic acids is 1. The molecule has 3 aromatic rings. The SMILES string of the molecule is Cc1nc(Cc2ccccc2)sc1C(=O)Nc1ccc(N2CCC(C)C2)cc1. The summed E-state index contributed by atoms with van der Waals surface area (Å²) in [4.78, 5) is 20.4. The summed E-state index contributed by atoms with van der Waals surface area (Å²) in [5, 5.41) is 3.98. The normalized spacial score (nSPS) is 16.4. The molecule has 2 aromatic carbocycles. The van der Waals surface area contributed by atoms with Gasteiger partial charge >= 0.3 is 0 Å². The first kappa shape index (κ1) is 18.7. The van der Waals surface area contributed by atoms with E-state index < -0.39 is 0 Å². The van der Waals surface area contributed by atoms with Crippen molar-refractivity contribution >= 4 is 28.6 Å². The standard InChI is InChI=1S/C23H25N3OS/c1-16-12-13-26(15-16)20-10-8-19(9-11-20)25-23(27)22-17(2)24-21(28-22)14-18-6-4-3-5-7-18/h3-11,16H,12-15H2,1-2H3,(H,25,27). The molecule has 1 aromatic heterocycles. The molecule has 0 spiro atoms. The first-order valence-corrected chi connectivity index (χ1v) is 10.6. The number of aromatic nitrogens is 1. The average molecular weight is 392 g/mol. The van der Waals surface area contributed by atoms with Crippen LogP contribution in [0.3, 0.4) is 0 Å². The zero-order valence-corrected chi connectivity index (χ0v) is 17.1. The van der Waals surface area contributed by atoms with E-state index in [1.165, 1.54) is 29.0 Å². The summed E-state index contributed by atoms with van der Waals surface area (Å²) in [5.41, 5.74) is 4.03. The average Bonchev–Trinajstić information content (AvgIpc) is 3.29. The van der Waals surface area contributed by atoms with Gasteiger partial charge in [-0.25, -0.2) is 4.98 Å². The Balaban J connectivity index is 1.42. The summed E-state index contributed by atoms with van der Waals surface area (Å²) < 4.78 is 0. The number of anilines is 2. The molecule has 4 rings (SSSR count). The second kappa shape index (κ2) is 8.15. The Morgan fingerprint density at radius 1 is 1.18 bits per heavy atom. The molecule has 1 amide bonds. The number of thiazole rings is 1. The first-order chi connectivity index (χ1) is 13.6. The van der Waals surface area contributed by atoms with Crippen LogP contribution in [0.2, 0.25) is 0 Å². The van der Waals surface area contributed by atoms with E-state index in [1.807, 2.05) is 37.3 Å². The van der Waals surface area contributed by atoms with Crippen LogP contribution in [-0.2, 0) is 6.42 Å². The van der Waals surface area contributed by atoms with Gasteiger partial charge in [0.05, 0.1) is 10.7 Å². The van der Waals surface area contributed by atoms with Crippen LogP contribution in [0.4, 0.5) is 11.4 Å². The van der Waals surface area contributed by atoms with Crippen molar-refractivity contribution in [3.8, 4) is 0 Å². The lowest BCUT2D eigenvalue weighted by molar-refractivity contribution is 0.103. The van der Waals surface area contributed by atoms with Crippen molar-refractivity contribution in [2.75, 3.05) is 23.3 Å². The van der Waals surface area contributed by atoms with Crippen molar-refractivity contribution in [3.63, 3.8) is 0 Å². The number of rotatable bonds is 5. The lowest BCUT2D eigenvalue weighted by atomic mass is 10.2. The van der Waals surface area contributed by atoms with E-state index in [-0.39, 0.29) is 5.91 Å². The van der Waals surface area contributed by atoms with Gasteiger partial charge in [0.1, 0.15) is 4.88 Å². The van der Waals surface area contributed by atoms with Crippen LogP contribution in [0, 0.1) is 12.8 Å². The second-order valence-corrected chi connectivity index (χ2v) is 8.61. The number of nitrogens with one attached hydrogen (secondary N) is 1. The summed E-state index contributed by atoms with van der Waals surface area (Å²) in [6.45, 7) is 6.41. The van der Waals surface area contributed by atoms with Crippen LogP contribution >= 0.6 is 11.3 Å². The molecular weight excluding hydrogens is 366 g/mol. The topological polar surface area (TPSA) is 45.2 Å². The molecule has 1 unspecified atom stereocenters. The Labute approximate surface area is 170 Å². The number of carbonyl (C=O) groups is 1. The molecule has 1 aliphatic heterocycles.